The highest BCUT2D eigenvalue weighted by molar-refractivity contribution is 7.93. The molecule has 0 saturated carbocycles. The molecular formula is C29H24N6O2S. The number of aromatic nitrogens is 2. The first-order chi connectivity index (χ1) is 18.5. The van der Waals surface area contributed by atoms with Gasteiger partial charge in [0, 0.05) is 6.20 Å². The highest BCUT2D eigenvalue weighted by atomic mass is 32.2. The van der Waals surface area contributed by atoms with Crippen LogP contribution < -0.4 is 19.8 Å². The minimum atomic E-state index is -3.75. The van der Waals surface area contributed by atoms with E-state index in [1.165, 1.54) is 0 Å². The van der Waals surface area contributed by atoms with Crippen molar-refractivity contribution >= 4 is 44.9 Å². The Bertz CT molecular complexity index is 1760. The Morgan fingerprint density at radius 1 is 1.00 bits per heavy atom. The smallest absolute Gasteiger partial charge is 0.242 e. The summed E-state index contributed by atoms with van der Waals surface area (Å²) in [6, 6.07) is 25.5. The molecule has 1 aliphatic carbocycles. The summed E-state index contributed by atoms with van der Waals surface area (Å²) in [6.07, 6.45) is 5.64. The van der Waals surface area contributed by atoms with Crippen molar-refractivity contribution in [1.82, 2.24) is 9.97 Å². The number of benzene rings is 3. The Morgan fingerprint density at radius 2 is 1.82 bits per heavy atom. The average molecular weight is 521 g/mol. The second kappa shape index (κ2) is 7.35. The second-order valence-electron chi connectivity index (χ2n) is 10.2. The summed E-state index contributed by atoms with van der Waals surface area (Å²) < 4.78 is 30.6. The molecule has 1 aromatic heterocycles. The zero-order chi connectivity index (χ0) is 25.6. The Hall–Kier alpha value is -4.37. The molecule has 1 saturated heterocycles. The lowest BCUT2D eigenvalue weighted by Gasteiger charge is -2.35. The van der Waals surface area contributed by atoms with Gasteiger partial charge in [0.15, 0.2) is 0 Å². The van der Waals surface area contributed by atoms with Gasteiger partial charge in [0.1, 0.15) is 22.8 Å². The molecule has 3 unspecified atom stereocenters. The molecule has 9 heteroatoms. The van der Waals surface area contributed by atoms with Crippen LogP contribution >= 0.6 is 0 Å². The molecule has 4 aliphatic rings. The van der Waals surface area contributed by atoms with Gasteiger partial charge >= 0.3 is 0 Å². The van der Waals surface area contributed by atoms with Crippen molar-refractivity contribution in [3.8, 4) is 0 Å². The van der Waals surface area contributed by atoms with Gasteiger partial charge in [-0.15, -0.1) is 0 Å². The molecule has 0 radical (unpaired) electrons. The van der Waals surface area contributed by atoms with Crippen LogP contribution in [0.1, 0.15) is 34.9 Å². The lowest BCUT2D eigenvalue weighted by molar-refractivity contribution is 0.566. The van der Waals surface area contributed by atoms with Gasteiger partial charge in [-0.05, 0) is 47.9 Å². The number of hydrogen-bond acceptors (Lipinski definition) is 7. The molecular weight excluding hydrogens is 496 g/mol. The number of rotatable bonds is 4. The largest absolute Gasteiger partial charge is 0.348 e. The summed E-state index contributed by atoms with van der Waals surface area (Å²) in [5.41, 5.74) is 4.69. The summed E-state index contributed by atoms with van der Waals surface area (Å²) in [5.74, 6) is 1.24. The van der Waals surface area contributed by atoms with E-state index in [1.807, 2.05) is 66.7 Å². The SMILES string of the molecule is C[C@H](Nc1nccc(N2c3ccc4cc3N3C2C32C=Cc3ccccc3C2S(=O)(=O)N4)n1)c1ccccc1. The number of fused-ring (bicyclic) bond motifs is 3. The van der Waals surface area contributed by atoms with E-state index in [4.69, 9.17) is 4.98 Å². The molecule has 8 rings (SSSR count). The van der Waals surface area contributed by atoms with Crippen molar-refractivity contribution in [3.63, 3.8) is 0 Å². The number of sulfonamides is 1. The van der Waals surface area contributed by atoms with E-state index in [0.29, 0.717) is 11.6 Å². The van der Waals surface area contributed by atoms with Gasteiger partial charge in [-0.25, -0.2) is 13.4 Å². The quantitative estimate of drug-likeness (QED) is 0.357. The van der Waals surface area contributed by atoms with E-state index in [0.717, 1.165) is 33.9 Å². The molecule has 2 N–H and O–H groups in total. The van der Waals surface area contributed by atoms with Gasteiger partial charge in [-0.1, -0.05) is 66.7 Å². The van der Waals surface area contributed by atoms with Crippen LogP contribution in [0.25, 0.3) is 6.08 Å². The highest BCUT2D eigenvalue weighted by Gasteiger charge is 2.76. The van der Waals surface area contributed by atoms with Crippen LogP contribution in [-0.2, 0) is 10.0 Å². The van der Waals surface area contributed by atoms with E-state index >= 15 is 0 Å². The van der Waals surface area contributed by atoms with E-state index in [-0.39, 0.29) is 12.2 Å². The highest BCUT2D eigenvalue weighted by Crippen LogP contribution is 2.68. The van der Waals surface area contributed by atoms with Crippen LogP contribution in [0, 0.1) is 0 Å². The monoisotopic (exact) mass is 520 g/mol. The zero-order valence-corrected chi connectivity index (χ0v) is 21.3. The molecule has 2 bridgehead atoms. The van der Waals surface area contributed by atoms with Crippen molar-refractivity contribution in [2.75, 3.05) is 19.8 Å². The first-order valence-corrected chi connectivity index (χ1v) is 14.2. The van der Waals surface area contributed by atoms with Crippen molar-refractivity contribution in [2.24, 2.45) is 0 Å². The maximum Gasteiger partial charge on any atom is 0.242 e. The minimum Gasteiger partial charge on any atom is -0.348 e. The van der Waals surface area contributed by atoms with E-state index in [9.17, 15) is 8.42 Å². The Morgan fingerprint density at radius 3 is 2.68 bits per heavy atom. The molecule has 188 valence electrons. The lowest BCUT2D eigenvalue weighted by Crippen LogP contribution is -2.42. The van der Waals surface area contributed by atoms with E-state index in [2.05, 4.69) is 56.0 Å². The molecule has 1 fully saturated rings. The average Bonchev–Trinajstić information content (AvgIpc) is 3.39. The van der Waals surface area contributed by atoms with Crippen LogP contribution in [0.5, 0.6) is 0 Å². The number of anilines is 5. The van der Waals surface area contributed by atoms with Crippen LogP contribution in [0.15, 0.2) is 91.1 Å². The minimum absolute atomic E-state index is 0.0209. The topological polar surface area (TPSA) is 90.2 Å². The van der Waals surface area contributed by atoms with Crippen LogP contribution in [0.2, 0.25) is 0 Å². The summed E-state index contributed by atoms with van der Waals surface area (Å²) >= 11 is 0. The first-order valence-electron chi connectivity index (χ1n) is 12.6. The third-order valence-corrected chi connectivity index (χ3v) is 9.85. The van der Waals surface area contributed by atoms with Gasteiger partial charge in [0.2, 0.25) is 16.0 Å². The fourth-order valence-corrected chi connectivity index (χ4v) is 8.37. The van der Waals surface area contributed by atoms with Gasteiger partial charge in [0.05, 0.1) is 23.1 Å². The van der Waals surface area contributed by atoms with Gasteiger partial charge < -0.3 is 15.1 Å². The summed E-state index contributed by atoms with van der Waals surface area (Å²) in [6.45, 7) is 2.08. The first kappa shape index (κ1) is 21.7. The molecule has 3 aliphatic heterocycles. The second-order valence-corrected chi connectivity index (χ2v) is 12.0. The number of nitrogens with zero attached hydrogens (tertiary/aromatic N) is 4. The summed E-state index contributed by atoms with van der Waals surface area (Å²) in [5, 5.41) is 2.65. The summed E-state index contributed by atoms with van der Waals surface area (Å²) in [7, 11) is -3.75. The Labute approximate surface area is 220 Å². The summed E-state index contributed by atoms with van der Waals surface area (Å²) in [4.78, 5) is 13.8. The Balaban J connectivity index is 1.25. The van der Waals surface area contributed by atoms with E-state index < -0.39 is 20.8 Å². The van der Waals surface area contributed by atoms with Crippen molar-refractivity contribution < 1.29 is 8.42 Å². The molecule has 4 atom stereocenters. The molecule has 3 aromatic carbocycles. The fourth-order valence-electron chi connectivity index (χ4n) is 6.43. The van der Waals surface area contributed by atoms with Crippen molar-refractivity contribution in [2.45, 2.75) is 29.9 Å². The molecule has 4 heterocycles. The molecule has 1 spiro atoms. The standard InChI is InChI=1S/C29H24N6O2S/c1-18(19-7-3-2-4-8-19)31-28-30-16-14-25(32-28)34-23-12-11-21-17-24(23)35-27(34)29(35)15-13-20-9-5-6-10-22(20)26(29)38(36,37)33-21/h2-18,26-27,33H,1H3,(H,30,31,32)/t18-,26?,27?,29?,35?/m0/s1. The van der Waals surface area contributed by atoms with Crippen molar-refractivity contribution in [3.05, 3.63) is 108 Å². The molecule has 8 nitrogen and oxygen atoms in total. The van der Waals surface area contributed by atoms with Gasteiger partial charge in [-0.3, -0.25) is 4.72 Å². The van der Waals surface area contributed by atoms with Crippen LogP contribution in [0.3, 0.4) is 0 Å². The zero-order valence-electron chi connectivity index (χ0n) is 20.5. The predicted octanol–water partition coefficient (Wildman–Crippen LogP) is 5.21. The van der Waals surface area contributed by atoms with E-state index in [1.54, 1.807) is 6.20 Å². The molecule has 0 amide bonds. The van der Waals surface area contributed by atoms with Crippen LogP contribution in [-0.4, -0.2) is 30.1 Å². The molecule has 4 aromatic rings. The van der Waals surface area contributed by atoms with Gasteiger partial charge in [0.25, 0.3) is 0 Å². The predicted molar refractivity (Wildman–Crippen MR) is 149 cm³/mol. The fraction of sp³-hybridized carbons (Fsp3) is 0.172. The number of hydrogen-bond donors (Lipinski definition) is 2. The van der Waals surface area contributed by atoms with Crippen LogP contribution in [0.4, 0.5) is 28.8 Å². The van der Waals surface area contributed by atoms with Gasteiger partial charge in [-0.2, -0.15) is 4.98 Å². The lowest BCUT2D eigenvalue weighted by atomic mass is 9.86. The maximum atomic E-state index is 13.9. The molecule has 38 heavy (non-hydrogen) atoms. The Kier molecular flexibility index (Phi) is 4.20. The third-order valence-electron chi connectivity index (χ3n) is 8.08. The maximum absolute atomic E-state index is 13.9. The third kappa shape index (κ3) is 2.82. The van der Waals surface area contributed by atoms with Crippen molar-refractivity contribution in [1.29, 1.82) is 0 Å². The number of nitrogens with one attached hydrogen (secondary N) is 2. The normalized spacial score (nSPS) is 25.4.